The molecular formula is C33H64N2O9. The lowest BCUT2D eigenvalue weighted by Crippen LogP contribution is -2.31. The topological polar surface area (TPSA) is 149 Å². The molecule has 0 heterocycles. The first-order valence-electron chi connectivity index (χ1n) is 17.0. The van der Waals surface area contributed by atoms with Gasteiger partial charge >= 0.3 is 5.97 Å². The average molecular weight is 633 g/mol. The largest absolute Gasteiger partial charge is 0.481 e. The van der Waals surface area contributed by atoms with Crippen LogP contribution >= 0.6 is 0 Å². The molecule has 11 nitrogen and oxygen atoms in total. The van der Waals surface area contributed by atoms with Gasteiger partial charge in [-0.1, -0.05) is 90.9 Å². The number of carbonyl (C=O) groups excluding carboxylic acids is 3. The summed E-state index contributed by atoms with van der Waals surface area (Å²) in [5.74, 6) is -0.894. The van der Waals surface area contributed by atoms with Crippen LogP contribution in [0.4, 0.5) is 0 Å². The van der Waals surface area contributed by atoms with E-state index in [1.54, 1.807) is 0 Å². The molecule has 0 radical (unpaired) electrons. The van der Waals surface area contributed by atoms with Gasteiger partial charge in [-0.05, 0) is 19.8 Å². The van der Waals surface area contributed by atoms with Crippen LogP contribution < -0.4 is 10.6 Å². The summed E-state index contributed by atoms with van der Waals surface area (Å²) in [6.45, 7) is 8.43. The van der Waals surface area contributed by atoms with Gasteiger partial charge in [0.1, 0.15) is 13.2 Å². The molecule has 0 saturated heterocycles. The van der Waals surface area contributed by atoms with E-state index >= 15 is 0 Å². The van der Waals surface area contributed by atoms with Crippen molar-refractivity contribution in [2.75, 3.05) is 65.9 Å². The van der Waals surface area contributed by atoms with E-state index in [0.29, 0.717) is 65.6 Å². The third kappa shape index (κ3) is 39.9. The fourth-order valence-corrected chi connectivity index (χ4v) is 4.17. The van der Waals surface area contributed by atoms with Gasteiger partial charge < -0.3 is 34.7 Å². The molecule has 0 unspecified atom stereocenters. The number of Topliss-reactive ketones (excluding diaryl/α,β-unsaturated/α-hetero) is 1. The summed E-state index contributed by atoms with van der Waals surface area (Å²) in [7, 11) is 0. The highest BCUT2D eigenvalue weighted by atomic mass is 16.5. The number of hydrogen-bond acceptors (Lipinski definition) is 8. The van der Waals surface area contributed by atoms with Crippen molar-refractivity contribution in [2.45, 2.75) is 124 Å². The van der Waals surface area contributed by atoms with Gasteiger partial charge in [0.25, 0.3) is 0 Å². The van der Waals surface area contributed by atoms with E-state index in [1.165, 1.54) is 64.7 Å². The first-order valence-corrected chi connectivity index (χ1v) is 17.0. The average Bonchev–Trinajstić information content (AvgIpc) is 3.00. The molecule has 2 amide bonds. The van der Waals surface area contributed by atoms with Gasteiger partial charge in [0, 0.05) is 25.9 Å². The first kappa shape index (κ1) is 44.0. The van der Waals surface area contributed by atoms with Crippen molar-refractivity contribution in [3.63, 3.8) is 0 Å². The van der Waals surface area contributed by atoms with E-state index in [-0.39, 0.29) is 30.8 Å². The Bertz CT molecular complexity index is 678. The second kappa shape index (κ2) is 37.1. The Balaban J connectivity index is 0. The van der Waals surface area contributed by atoms with Crippen molar-refractivity contribution in [1.82, 2.24) is 10.6 Å². The summed E-state index contributed by atoms with van der Waals surface area (Å²) >= 11 is 0. The monoisotopic (exact) mass is 632 g/mol. The van der Waals surface area contributed by atoms with Crippen molar-refractivity contribution in [1.29, 1.82) is 0 Å². The van der Waals surface area contributed by atoms with Crippen molar-refractivity contribution in [3.05, 3.63) is 0 Å². The third-order valence-corrected chi connectivity index (χ3v) is 6.46. The molecule has 0 spiro atoms. The second-order valence-electron chi connectivity index (χ2n) is 10.6. The molecular weight excluding hydrogens is 568 g/mol. The lowest BCUT2D eigenvalue weighted by atomic mass is 10.0. The summed E-state index contributed by atoms with van der Waals surface area (Å²) in [6.07, 6.45) is 17.2. The number of amides is 2. The van der Waals surface area contributed by atoms with E-state index < -0.39 is 5.97 Å². The van der Waals surface area contributed by atoms with Crippen molar-refractivity contribution in [3.8, 4) is 0 Å². The molecule has 0 atom stereocenters. The van der Waals surface area contributed by atoms with Crippen LogP contribution in [0, 0.1) is 0 Å². The molecule has 260 valence electrons. The van der Waals surface area contributed by atoms with Crippen LogP contribution in [0.25, 0.3) is 0 Å². The Kier molecular flexibility index (Phi) is 37.1. The van der Waals surface area contributed by atoms with Crippen LogP contribution in [-0.2, 0) is 38.1 Å². The van der Waals surface area contributed by atoms with Crippen LogP contribution in [0.2, 0.25) is 0 Å². The van der Waals surface area contributed by atoms with E-state index in [2.05, 4.69) is 10.6 Å². The zero-order valence-electron chi connectivity index (χ0n) is 28.1. The number of aliphatic carboxylic acids is 1. The molecule has 3 N–H and O–H groups in total. The Labute approximate surface area is 266 Å². The Morgan fingerprint density at radius 2 is 0.841 bits per heavy atom. The molecule has 0 aromatic carbocycles. The van der Waals surface area contributed by atoms with Gasteiger partial charge in [0.15, 0.2) is 5.78 Å². The molecule has 0 saturated carbocycles. The van der Waals surface area contributed by atoms with E-state index in [1.807, 2.05) is 13.8 Å². The molecule has 0 aromatic heterocycles. The first-order chi connectivity index (χ1) is 21.4. The Hall–Kier alpha value is -2.08. The highest BCUT2D eigenvalue weighted by molar-refractivity contribution is 5.77. The van der Waals surface area contributed by atoms with Crippen molar-refractivity contribution in [2.24, 2.45) is 0 Å². The van der Waals surface area contributed by atoms with Gasteiger partial charge in [-0.2, -0.15) is 0 Å². The highest BCUT2D eigenvalue weighted by Crippen LogP contribution is 2.13. The number of nitrogens with one attached hydrogen (secondary N) is 2. The molecule has 0 aromatic rings. The summed E-state index contributed by atoms with van der Waals surface area (Å²) in [6, 6.07) is 0. The van der Waals surface area contributed by atoms with Gasteiger partial charge in [-0.15, -0.1) is 0 Å². The van der Waals surface area contributed by atoms with Crippen molar-refractivity contribution >= 4 is 23.6 Å². The van der Waals surface area contributed by atoms with Crippen LogP contribution in [0.3, 0.4) is 0 Å². The Morgan fingerprint density at radius 3 is 1.27 bits per heavy atom. The number of carboxylic acids is 1. The van der Waals surface area contributed by atoms with Gasteiger partial charge in [-0.25, -0.2) is 0 Å². The van der Waals surface area contributed by atoms with Crippen LogP contribution in [0.1, 0.15) is 124 Å². The number of ether oxygens (including phenoxy) is 4. The lowest BCUT2D eigenvalue weighted by Gasteiger charge is -2.08. The predicted octanol–water partition coefficient (Wildman–Crippen LogP) is 5.23. The minimum absolute atomic E-state index is 0.0298. The predicted molar refractivity (Wildman–Crippen MR) is 173 cm³/mol. The number of carboxylic acid groups (broad SMARTS) is 1. The van der Waals surface area contributed by atoms with Gasteiger partial charge in [0.2, 0.25) is 11.8 Å². The molecule has 0 aliphatic rings. The Morgan fingerprint density at radius 1 is 0.477 bits per heavy atom. The van der Waals surface area contributed by atoms with E-state index in [0.717, 1.165) is 32.1 Å². The third-order valence-electron chi connectivity index (χ3n) is 6.46. The van der Waals surface area contributed by atoms with Crippen LogP contribution in [-0.4, -0.2) is 94.6 Å². The number of rotatable bonds is 33. The van der Waals surface area contributed by atoms with E-state index in [9.17, 15) is 19.2 Å². The summed E-state index contributed by atoms with van der Waals surface area (Å²) < 4.78 is 21.0. The second-order valence-corrected chi connectivity index (χ2v) is 10.6. The number of ketones is 1. The summed E-state index contributed by atoms with van der Waals surface area (Å²) in [5, 5.41) is 14.2. The maximum absolute atomic E-state index is 11.9. The maximum Gasteiger partial charge on any atom is 0.303 e. The minimum atomic E-state index is -0.689. The quantitative estimate of drug-likeness (QED) is 0.0827. The molecule has 0 rings (SSSR count). The molecule has 0 aliphatic carbocycles. The SMILES string of the molecule is CC.CC(=O)COCCOCCNC(=O)COCCOCCNC(=O)CCCCCCCCCCCCCCCCC(=O)O. The molecule has 0 aliphatic heterocycles. The fraction of sp³-hybridized carbons (Fsp3) is 0.879. The zero-order valence-corrected chi connectivity index (χ0v) is 28.1. The number of carbonyl (C=O) groups is 4. The lowest BCUT2D eigenvalue weighted by molar-refractivity contribution is -0.137. The highest BCUT2D eigenvalue weighted by Gasteiger charge is 2.03. The van der Waals surface area contributed by atoms with Crippen LogP contribution in [0.15, 0.2) is 0 Å². The van der Waals surface area contributed by atoms with E-state index in [4.69, 9.17) is 24.1 Å². The van der Waals surface area contributed by atoms with Crippen LogP contribution in [0.5, 0.6) is 0 Å². The smallest absolute Gasteiger partial charge is 0.303 e. The molecule has 0 fully saturated rings. The normalized spacial score (nSPS) is 10.6. The van der Waals surface area contributed by atoms with Crippen molar-refractivity contribution < 1.29 is 43.2 Å². The van der Waals surface area contributed by atoms with Gasteiger partial charge in [0.05, 0.1) is 39.6 Å². The maximum atomic E-state index is 11.9. The summed E-state index contributed by atoms with van der Waals surface area (Å²) in [4.78, 5) is 44.8. The number of unbranched alkanes of at least 4 members (excludes halogenated alkanes) is 13. The fourth-order valence-electron chi connectivity index (χ4n) is 4.17. The standard InChI is InChI=1S/C31H58N2O9.C2H6/c1-28(34)26-41-24-22-40-21-19-33-30(36)27-42-25-23-39-20-18-32-29(35)16-14-12-10-8-6-4-2-3-5-7-9-11-13-15-17-31(37)38;1-2/h2-27H2,1H3,(H,32,35)(H,33,36)(H,37,38);1-2H3. The molecule has 11 heteroatoms. The molecule has 44 heavy (non-hydrogen) atoms. The minimum Gasteiger partial charge on any atom is -0.481 e. The summed E-state index contributed by atoms with van der Waals surface area (Å²) in [5.41, 5.74) is 0. The zero-order chi connectivity index (χ0) is 32.9. The molecule has 0 bridgehead atoms. The van der Waals surface area contributed by atoms with Gasteiger partial charge in [-0.3, -0.25) is 19.2 Å². The number of hydrogen-bond donors (Lipinski definition) is 3.